The van der Waals surface area contributed by atoms with E-state index in [9.17, 15) is 5.11 Å². The Balaban J connectivity index is 1.45. The molecule has 0 aromatic carbocycles. The third kappa shape index (κ3) is 3.20. The van der Waals surface area contributed by atoms with Crippen molar-refractivity contribution in [2.45, 2.75) is 25.0 Å². The zero-order chi connectivity index (χ0) is 9.80. The van der Waals surface area contributed by atoms with Crippen LogP contribution in [0.2, 0.25) is 0 Å². The normalized spacial score (nSPS) is 32.4. The Hall–Kier alpha value is -0.160. The minimum atomic E-state index is -0.349. The van der Waals surface area contributed by atoms with Crippen LogP contribution in [0.4, 0.5) is 0 Å². The highest BCUT2D eigenvalue weighted by Gasteiger charge is 2.25. The van der Waals surface area contributed by atoms with Crippen LogP contribution in [-0.4, -0.2) is 50.2 Å². The Kier molecular flexibility index (Phi) is 3.75. The highest BCUT2D eigenvalue weighted by molar-refractivity contribution is 4.80. The second kappa shape index (κ2) is 5.07. The number of hydrogen-bond acceptors (Lipinski definition) is 4. The number of nitrogens with one attached hydrogen (secondary N) is 1. The molecular formula is C10H19NO3. The summed E-state index contributed by atoms with van der Waals surface area (Å²) < 4.78 is 10.6. The lowest BCUT2D eigenvalue weighted by atomic mass is 10.2. The van der Waals surface area contributed by atoms with Gasteiger partial charge in [-0.15, -0.1) is 0 Å². The Morgan fingerprint density at radius 2 is 2.21 bits per heavy atom. The van der Waals surface area contributed by atoms with Crippen molar-refractivity contribution < 1.29 is 14.6 Å². The molecule has 14 heavy (non-hydrogen) atoms. The van der Waals surface area contributed by atoms with E-state index in [2.05, 4.69) is 5.32 Å². The quantitative estimate of drug-likeness (QED) is 0.582. The van der Waals surface area contributed by atoms with Gasteiger partial charge in [0.25, 0.3) is 0 Å². The van der Waals surface area contributed by atoms with Gasteiger partial charge in [0.1, 0.15) is 0 Å². The molecule has 0 radical (unpaired) electrons. The van der Waals surface area contributed by atoms with E-state index < -0.39 is 0 Å². The van der Waals surface area contributed by atoms with Crippen LogP contribution in [0.3, 0.4) is 0 Å². The summed E-state index contributed by atoms with van der Waals surface area (Å²) in [7, 11) is 0. The zero-order valence-corrected chi connectivity index (χ0v) is 8.45. The summed E-state index contributed by atoms with van der Waals surface area (Å²) in [6.07, 6.45) is 2.32. The van der Waals surface area contributed by atoms with Crippen LogP contribution in [0.25, 0.3) is 0 Å². The SMILES string of the molecule is OC1COCC1NCCOCC1CC1. The van der Waals surface area contributed by atoms with Crippen molar-refractivity contribution in [1.82, 2.24) is 5.32 Å². The predicted molar refractivity (Wildman–Crippen MR) is 52.2 cm³/mol. The van der Waals surface area contributed by atoms with Crippen molar-refractivity contribution in [3.63, 3.8) is 0 Å². The van der Waals surface area contributed by atoms with Gasteiger partial charge in [-0.2, -0.15) is 0 Å². The third-order valence-corrected chi connectivity index (χ3v) is 2.75. The van der Waals surface area contributed by atoms with Crippen molar-refractivity contribution in [2.75, 3.05) is 33.0 Å². The van der Waals surface area contributed by atoms with Gasteiger partial charge in [-0.25, -0.2) is 0 Å². The zero-order valence-electron chi connectivity index (χ0n) is 8.45. The summed E-state index contributed by atoms with van der Waals surface area (Å²) in [6.45, 7) is 3.52. The first-order valence-corrected chi connectivity index (χ1v) is 5.43. The molecular weight excluding hydrogens is 182 g/mol. The lowest BCUT2D eigenvalue weighted by molar-refractivity contribution is 0.111. The molecule has 0 aromatic rings. The maximum Gasteiger partial charge on any atom is 0.0948 e. The van der Waals surface area contributed by atoms with Gasteiger partial charge in [-0.05, 0) is 18.8 Å². The van der Waals surface area contributed by atoms with E-state index in [0.29, 0.717) is 13.2 Å². The molecule has 0 aromatic heterocycles. The van der Waals surface area contributed by atoms with Gasteiger partial charge in [0.15, 0.2) is 0 Å². The molecule has 1 saturated heterocycles. The Morgan fingerprint density at radius 1 is 1.36 bits per heavy atom. The number of rotatable bonds is 6. The molecule has 2 unspecified atom stereocenters. The molecule has 2 aliphatic rings. The summed E-state index contributed by atoms with van der Waals surface area (Å²) in [6, 6.07) is 0.0968. The van der Waals surface area contributed by atoms with E-state index >= 15 is 0 Å². The van der Waals surface area contributed by atoms with Gasteiger partial charge in [-0.3, -0.25) is 0 Å². The van der Waals surface area contributed by atoms with Gasteiger partial charge < -0.3 is 19.9 Å². The highest BCUT2D eigenvalue weighted by atomic mass is 16.5. The predicted octanol–water partition coefficient (Wildman–Crippen LogP) is -0.238. The molecule has 1 saturated carbocycles. The monoisotopic (exact) mass is 201 g/mol. The molecule has 2 N–H and O–H groups in total. The van der Waals surface area contributed by atoms with E-state index in [1.165, 1.54) is 12.8 Å². The Labute approximate surface area is 84.6 Å². The molecule has 2 atom stereocenters. The molecule has 1 aliphatic carbocycles. The second-order valence-electron chi connectivity index (χ2n) is 4.18. The van der Waals surface area contributed by atoms with Crippen LogP contribution >= 0.6 is 0 Å². The average Bonchev–Trinajstić information content (AvgIpc) is 2.91. The van der Waals surface area contributed by atoms with Crippen LogP contribution in [0, 0.1) is 5.92 Å². The molecule has 1 heterocycles. The molecule has 0 amide bonds. The molecule has 1 aliphatic heterocycles. The van der Waals surface area contributed by atoms with Gasteiger partial charge in [0.05, 0.1) is 32.0 Å². The smallest absolute Gasteiger partial charge is 0.0948 e. The van der Waals surface area contributed by atoms with Gasteiger partial charge in [0, 0.05) is 13.2 Å². The maximum absolute atomic E-state index is 9.42. The highest BCUT2D eigenvalue weighted by Crippen LogP contribution is 2.28. The molecule has 82 valence electrons. The Morgan fingerprint density at radius 3 is 2.86 bits per heavy atom. The molecule has 0 bridgehead atoms. The van der Waals surface area contributed by atoms with Crippen molar-refractivity contribution in [3.8, 4) is 0 Å². The molecule has 2 rings (SSSR count). The van der Waals surface area contributed by atoms with Crippen LogP contribution in [0.1, 0.15) is 12.8 Å². The van der Waals surface area contributed by atoms with Crippen molar-refractivity contribution in [1.29, 1.82) is 0 Å². The average molecular weight is 201 g/mol. The van der Waals surface area contributed by atoms with Crippen molar-refractivity contribution in [3.05, 3.63) is 0 Å². The molecule has 0 spiro atoms. The van der Waals surface area contributed by atoms with Crippen molar-refractivity contribution >= 4 is 0 Å². The first-order valence-electron chi connectivity index (χ1n) is 5.43. The number of aliphatic hydroxyl groups excluding tert-OH is 1. The van der Waals surface area contributed by atoms with Crippen LogP contribution in [-0.2, 0) is 9.47 Å². The van der Waals surface area contributed by atoms with Gasteiger partial charge >= 0.3 is 0 Å². The van der Waals surface area contributed by atoms with Gasteiger partial charge in [-0.1, -0.05) is 0 Å². The number of aliphatic hydroxyl groups is 1. The van der Waals surface area contributed by atoms with E-state index in [4.69, 9.17) is 9.47 Å². The third-order valence-electron chi connectivity index (χ3n) is 2.75. The Bertz CT molecular complexity index is 173. The fourth-order valence-corrected chi connectivity index (χ4v) is 1.59. The van der Waals surface area contributed by atoms with E-state index in [-0.39, 0.29) is 12.1 Å². The van der Waals surface area contributed by atoms with Crippen molar-refractivity contribution in [2.24, 2.45) is 5.92 Å². The first-order chi connectivity index (χ1) is 6.86. The topological polar surface area (TPSA) is 50.7 Å². The minimum Gasteiger partial charge on any atom is -0.389 e. The lowest BCUT2D eigenvalue weighted by Crippen LogP contribution is -2.40. The summed E-state index contributed by atoms with van der Waals surface area (Å²) in [4.78, 5) is 0. The summed E-state index contributed by atoms with van der Waals surface area (Å²) in [5.74, 6) is 0.829. The number of ether oxygens (including phenoxy) is 2. The molecule has 4 heteroatoms. The van der Waals surface area contributed by atoms with E-state index in [1.807, 2.05) is 0 Å². The largest absolute Gasteiger partial charge is 0.389 e. The van der Waals surface area contributed by atoms with Crippen LogP contribution in [0.5, 0.6) is 0 Å². The number of hydrogen-bond donors (Lipinski definition) is 2. The van der Waals surface area contributed by atoms with Gasteiger partial charge in [0.2, 0.25) is 0 Å². The minimum absolute atomic E-state index is 0.0968. The van der Waals surface area contributed by atoms with Crippen LogP contribution < -0.4 is 5.32 Å². The maximum atomic E-state index is 9.42. The molecule has 2 fully saturated rings. The first kappa shape index (κ1) is 10.4. The standard InChI is InChI=1S/C10H19NO3/c12-10-7-14-6-9(10)11-3-4-13-5-8-1-2-8/h8-12H,1-7H2. The lowest BCUT2D eigenvalue weighted by Gasteiger charge is -2.14. The summed E-state index contributed by atoms with van der Waals surface area (Å²) in [5.41, 5.74) is 0. The second-order valence-corrected chi connectivity index (χ2v) is 4.18. The van der Waals surface area contributed by atoms with E-state index in [1.54, 1.807) is 0 Å². The van der Waals surface area contributed by atoms with E-state index in [0.717, 1.165) is 25.7 Å². The summed E-state index contributed by atoms with van der Waals surface area (Å²) in [5, 5.41) is 12.6. The van der Waals surface area contributed by atoms with Crippen LogP contribution in [0.15, 0.2) is 0 Å². The fraction of sp³-hybridized carbons (Fsp3) is 1.00. The molecule has 4 nitrogen and oxygen atoms in total. The summed E-state index contributed by atoms with van der Waals surface area (Å²) >= 11 is 0. The fourth-order valence-electron chi connectivity index (χ4n) is 1.59.